The van der Waals surface area contributed by atoms with E-state index in [9.17, 15) is 24.0 Å². The van der Waals surface area contributed by atoms with Crippen molar-refractivity contribution in [3.05, 3.63) is 120 Å². The van der Waals surface area contributed by atoms with E-state index in [4.69, 9.17) is 14.2 Å². The van der Waals surface area contributed by atoms with E-state index in [0.29, 0.717) is 19.3 Å². The summed E-state index contributed by atoms with van der Waals surface area (Å²) in [6.07, 6.45) is 6.91. The monoisotopic (exact) mass is 639 g/mol. The van der Waals surface area contributed by atoms with Gasteiger partial charge in [0.05, 0.1) is 11.1 Å². The lowest BCUT2D eigenvalue weighted by molar-refractivity contribution is -0.147. The van der Waals surface area contributed by atoms with Gasteiger partial charge in [-0.1, -0.05) is 92.9 Å². The lowest BCUT2D eigenvalue weighted by Crippen LogP contribution is -2.63. The maximum Gasteiger partial charge on any atom is 0.340 e. The van der Waals surface area contributed by atoms with Gasteiger partial charge >= 0.3 is 17.9 Å². The number of carbonyl (C=O) groups is 5. The maximum atomic E-state index is 13.8. The highest BCUT2D eigenvalue weighted by Gasteiger charge is 2.61. The third kappa shape index (κ3) is 9.72. The number of ether oxygens (including phenoxy) is 3. The van der Waals surface area contributed by atoms with Crippen LogP contribution in [-0.4, -0.2) is 54.0 Å². The number of esters is 3. The van der Waals surface area contributed by atoms with Crippen LogP contribution in [-0.2, 0) is 23.8 Å². The summed E-state index contributed by atoms with van der Waals surface area (Å²) in [7, 11) is 0. The molecular weight excluding hydrogens is 598 g/mol. The highest BCUT2D eigenvalue weighted by atomic mass is 16.6. The maximum absolute atomic E-state index is 13.8. The minimum atomic E-state index is -2.06. The van der Waals surface area contributed by atoms with E-state index in [1.807, 2.05) is 6.08 Å². The molecule has 1 aliphatic heterocycles. The Balaban J connectivity index is 1.58. The molecule has 0 aliphatic carbocycles. The Labute approximate surface area is 275 Å². The number of cyclic esters (lactones) is 1. The quantitative estimate of drug-likeness (QED) is 0.0776. The number of unbranched alkanes of at least 4 members (excludes halogenated alkanes) is 3. The first-order valence-corrected chi connectivity index (χ1v) is 16.1. The zero-order chi connectivity index (χ0) is 33.5. The van der Waals surface area contributed by atoms with Crippen molar-refractivity contribution in [1.82, 2.24) is 5.32 Å². The third-order valence-electron chi connectivity index (χ3n) is 7.94. The molecule has 1 amide bonds. The van der Waals surface area contributed by atoms with Crippen molar-refractivity contribution in [1.29, 1.82) is 0 Å². The van der Waals surface area contributed by atoms with Gasteiger partial charge in [0.2, 0.25) is 5.54 Å². The summed E-state index contributed by atoms with van der Waals surface area (Å²) in [6.45, 7) is 1.47. The summed E-state index contributed by atoms with van der Waals surface area (Å²) in [5.41, 5.74) is -1.36. The van der Waals surface area contributed by atoms with Gasteiger partial charge in [0, 0.05) is 24.8 Å². The number of rotatable bonds is 17. The van der Waals surface area contributed by atoms with Gasteiger partial charge in [-0.05, 0) is 49.2 Å². The molecule has 4 rings (SSSR count). The van der Waals surface area contributed by atoms with Gasteiger partial charge in [0.15, 0.2) is 6.10 Å². The number of hydrogen-bond donors (Lipinski definition) is 1. The molecule has 1 saturated heterocycles. The first-order chi connectivity index (χ1) is 22.8. The molecule has 1 N–H and O–H groups in total. The minimum absolute atomic E-state index is 0.124. The van der Waals surface area contributed by atoms with E-state index in [1.165, 1.54) is 0 Å². The first-order valence-electron chi connectivity index (χ1n) is 16.1. The van der Waals surface area contributed by atoms with Gasteiger partial charge < -0.3 is 19.5 Å². The molecule has 9 heteroatoms. The van der Waals surface area contributed by atoms with Crippen LogP contribution in [0.4, 0.5) is 0 Å². The summed E-state index contributed by atoms with van der Waals surface area (Å²) in [5.74, 6) is -2.84. The summed E-state index contributed by atoms with van der Waals surface area (Å²) in [5, 5.41) is 2.71. The largest absolute Gasteiger partial charge is 0.459 e. The van der Waals surface area contributed by atoms with Gasteiger partial charge in [-0.2, -0.15) is 0 Å². The normalized spacial score (nSPS) is 18.8. The Morgan fingerprint density at radius 1 is 0.766 bits per heavy atom. The third-order valence-corrected chi connectivity index (χ3v) is 7.94. The number of amides is 1. The van der Waals surface area contributed by atoms with Crippen molar-refractivity contribution in [3.8, 4) is 0 Å². The minimum Gasteiger partial charge on any atom is -0.459 e. The van der Waals surface area contributed by atoms with Gasteiger partial charge in [0.1, 0.15) is 18.5 Å². The lowest BCUT2D eigenvalue weighted by Gasteiger charge is -2.32. The summed E-state index contributed by atoms with van der Waals surface area (Å²) in [6, 6.07) is 24.6. The second-order valence-corrected chi connectivity index (χ2v) is 11.5. The highest BCUT2D eigenvalue weighted by molar-refractivity contribution is 6.00. The first kappa shape index (κ1) is 34.8. The van der Waals surface area contributed by atoms with Crippen molar-refractivity contribution >= 4 is 29.6 Å². The van der Waals surface area contributed by atoms with Crippen LogP contribution < -0.4 is 5.32 Å². The Bertz CT molecular complexity index is 1520. The molecule has 0 unspecified atom stereocenters. The number of benzene rings is 3. The molecule has 0 saturated carbocycles. The fraction of sp³-hybridized carbons (Fsp3) is 0.342. The van der Waals surface area contributed by atoms with Crippen LogP contribution in [0.3, 0.4) is 0 Å². The van der Waals surface area contributed by atoms with Crippen LogP contribution in [0.15, 0.2) is 103 Å². The number of allylic oxidation sites excluding steroid dienone is 1. The smallest absolute Gasteiger partial charge is 0.340 e. The molecule has 3 aromatic carbocycles. The Hall–Kier alpha value is -5.05. The predicted molar refractivity (Wildman–Crippen MR) is 176 cm³/mol. The van der Waals surface area contributed by atoms with Crippen LogP contribution >= 0.6 is 0 Å². The van der Waals surface area contributed by atoms with Crippen molar-refractivity contribution in [2.24, 2.45) is 0 Å². The van der Waals surface area contributed by atoms with Gasteiger partial charge in [-0.3, -0.25) is 9.59 Å². The number of Topliss-reactive ketones (excluding diaryl/α,β-unsaturated/α-hetero) is 1. The van der Waals surface area contributed by atoms with E-state index < -0.39 is 48.2 Å². The van der Waals surface area contributed by atoms with E-state index in [-0.39, 0.29) is 28.9 Å². The van der Waals surface area contributed by atoms with E-state index in [1.54, 1.807) is 97.1 Å². The molecule has 47 heavy (non-hydrogen) atoms. The van der Waals surface area contributed by atoms with Gasteiger partial charge in [-0.15, -0.1) is 0 Å². The van der Waals surface area contributed by atoms with Crippen molar-refractivity contribution in [2.45, 2.75) is 76.0 Å². The van der Waals surface area contributed by atoms with Crippen molar-refractivity contribution in [2.75, 3.05) is 6.61 Å². The van der Waals surface area contributed by atoms with E-state index in [2.05, 4.69) is 12.2 Å². The molecule has 0 aromatic heterocycles. The summed E-state index contributed by atoms with van der Waals surface area (Å²) >= 11 is 0. The molecule has 9 nitrogen and oxygen atoms in total. The molecule has 3 aromatic rings. The van der Waals surface area contributed by atoms with Crippen LogP contribution in [0.2, 0.25) is 0 Å². The molecule has 1 heterocycles. The molecule has 0 bridgehead atoms. The fourth-order valence-electron chi connectivity index (χ4n) is 5.31. The summed E-state index contributed by atoms with van der Waals surface area (Å²) < 4.78 is 17.3. The van der Waals surface area contributed by atoms with E-state index in [0.717, 1.165) is 25.7 Å². The molecule has 1 fully saturated rings. The molecular formula is C38H41NO8. The van der Waals surface area contributed by atoms with Crippen molar-refractivity contribution in [3.63, 3.8) is 0 Å². The fourth-order valence-corrected chi connectivity index (χ4v) is 5.31. The van der Waals surface area contributed by atoms with Crippen LogP contribution in [0.25, 0.3) is 0 Å². The van der Waals surface area contributed by atoms with Crippen LogP contribution in [0.5, 0.6) is 0 Å². The Kier molecular flexibility index (Phi) is 13.0. The average molecular weight is 640 g/mol. The lowest BCUT2D eigenvalue weighted by atomic mass is 9.90. The standard InChI is InChI=1S/C38H41NO8/c1-2-3-4-15-24-31(40)25-16-8-17-26-32-33(47-36(43)30-22-13-7-14-23-30)38(37(44)46-32,39-34(41)28-18-9-5-10-19-28)27-45-35(42)29-20-11-6-12-21-29/h5-14,17-23,32-33H,2-4,15-16,24-27H2,1H3,(H,39,41)/b17-8+/t32-,33+,38+/m1/s1. The van der Waals surface area contributed by atoms with Crippen LogP contribution in [0.1, 0.15) is 89.4 Å². The average Bonchev–Trinajstić information content (AvgIpc) is 3.35. The Morgan fingerprint density at radius 3 is 1.98 bits per heavy atom. The summed E-state index contributed by atoms with van der Waals surface area (Å²) in [4.78, 5) is 65.9. The van der Waals surface area contributed by atoms with E-state index >= 15 is 0 Å². The second-order valence-electron chi connectivity index (χ2n) is 11.5. The molecule has 1 aliphatic rings. The van der Waals surface area contributed by atoms with Gasteiger partial charge in [0.25, 0.3) is 5.91 Å². The van der Waals surface area contributed by atoms with Gasteiger partial charge in [-0.25, -0.2) is 14.4 Å². The predicted octanol–water partition coefficient (Wildman–Crippen LogP) is 6.43. The number of nitrogens with one attached hydrogen (secondary N) is 1. The molecule has 3 atom stereocenters. The zero-order valence-corrected chi connectivity index (χ0v) is 26.6. The van der Waals surface area contributed by atoms with Crippen LogP contribution in [0, 0.1) is 0 Å². The molecule has 0 radical (unpaired) electrons. The molecule has 0 spiro atoms. The number of ketones is 1. The SMILES string of the molecule is CCCCCCC(=O)CC/C=C/C[C@H]1OC(=O)[C@@](COC(=O)c2ccccc2)(NC(=O)c2ccccc2)[C@H]1OC(=O)c1ccccc1. The topological polar surface area (TPSA) is 125 Å². The number of hydrogen-bond acceptors (Lipinski definition) is 8. The number of carbonyl (C=O) groups excluding carboxylic acids is 5. The molecule has 246 valence electrons. The van der Waals surface area contributed by atoms with Crippen molar-refractivity contribution < 1.29 is 38.2 Å². The highest BCUT2D eigenvalue weighted by Crippen LogP contribution is 2.33. The second kappa shape index (κ2) is 17.6. The Morgan fingerprint density at radius 2 is 1.36 bits per heavy atom. The zero-order valence-electron chi connectivity index (χ0n) is 26.6.